The fraction of sp³-hybridized carbons (Fsp3) is 0. The highest BCUT2D eigenvalue weighted by Gasteiger charge is 2.34. The highest BCUT2D eigenvalue weighted by atomic mass is 19.2. The first-order valence-corrected chi connectivity index (χ1v) is 7.25. The summed E-state index contributed by atoms with van der Waals surface area (Å²) in [6.07, 6.45) is 0. The van der Waals surface area contributed by atoms with Gasteiger partial charge in [-0.2, -0.15) is 0 Å². The van der Waals surface area contributed by atoms with E-state index in [0.29, 0.717) is 0 Å². The van der Waals surface area contributed by atoms with Crippen LogP contribution >= 0.6 is 0 Å². The maximum Gasteiger partial charge on any atom is 0.336 e. The average molecular weight is 422 g/mol. The van der Waals surface area contributed by atoms with Crippen molar-refractivity contribution in [1.29, 1.82) is 0 Å². The van der Waals surface area contributed by atoms with Crippen molar-refractivity contribution in [3.05, 3.63) is 52.4 Å². The van der Waals surface area contributed by atoms with Crippen molar-refractivity contribution in [3.8, 4) is 28.4 Å². The van der Waals surface area contributed by atoms with Crippen molar-refractivity contribution in [1.82, 2.24) is 0 Å². The Labute approximate surface area is 154 Å². The van der Waals surface area contributed by atoms with Crippen molar-refractivity contribution in [2.24, 2.45) is 0 Å². The number of carboxylic acids is 1. The van der Waals surface area contributed by atoms with Gasteiger partial charge >= 0.3 is 5.97 Å². The van der Waals surface area contributed by atoms with E-state index in [1.54, 1.807) is 0 Å². The molecule has 12 heteroatoms. The van der Waals surface area contributed by atoms with E-state index in [-0.39, 0.29) is 6.07 Å². The number of aromatic hydroxyl groups is 3. The molecule has 3 aromatic carbocycles. The summed E-state index contributed by atoms with van der Waals surface area (Å²) >= 11 is 0. The summed E-state index contributed by atoms with van der Waals surface area (Å²) in [4.78, 5) is 11.4. The molecule has 0 saturated carbocycles. The fourth-order valence-electron chi connectivity index (χ4n) is 2.80. The van der Waals surface area contributed by atoms with Crippen molar-refractivity contribution in [3.63, 3.8) is 0 Å². The van der Waals surface area contributed by atoms with E-state index < -0.39 is 91.4 Å². The molecule has 0 radical (unpaired) electrons. The SMILES string of the molecule is O=C(O)c1cc(O)c(O)c(O)c1-c1c(F)c(F)c(F)c2c(F)c(F)c(F)c(F)c12. The number of rotatable bonds is 2. The first-order chi connectivity index (χ1) is 13.4. The summed E-state index contributed by atoms with van der Waals surface area (Å²) in [5, 5.41) is 34.4. The van der Waals surface area contributed by atoms with E-state index in [0.717, 1.165) is 0 Å². The second-order valence-electron chi connectivity index (χ2n) is 5.64. The van der Waals surface area contributed by atoms with Gasteiger partial charge in [-0.3, -0.25) is 0 Å². The Balaban J connectivity index is 2.74. The molecule has 0 amide bonds. The van der Waals surface area contributed by atoms with E-state index in [9.17, 15) is 56.0 Å². The normalized spacial score (nSPS) is 11.3. The van der Waals surface area contributed by atoms with Gasteiger partial charge in [-0.15, -0.1) is 0 Å². The largest absolute Gasteiger partial charge is 0.504 e. The summed E-state index contributed by atoms with van der Waals surface area (Å²) < 4.78 is 98.1. The summed E-state index contributed by atoms with van der Waals surface area (Å²) in [5.74, 6) is -23.9. The number of carboxylic acid groups (broad SMARTS) is 1. The number of hydrogen-bond donors (Lipinski definition) is 4. The van der Waals surface area contributed by atoms with Crippen LogP contribution in [0.1, 0.15) is 10.4 Å². The van der Waals surface area contributed by atoms with Crippen molar-refractivity contribution >= 4 is 16.7 Å². The number of aromatic carboxylic acids is 1. The molecular weight excluding hydrogens is 417 g/mol. The molecule has 0 aliphatic heterocycles. The number of halogens is 7. The molecule has 0 bridgehead atoms. The zero-order valence-electron chi connectivity index (χ0n) is 13.4. The highest BCUT2D eigenvalue weighted by Crippen LogP contribution is 2.49. The molecule has 0 fully saturated rings. The lowest BCUT2D eigenvalue weighted by Crippen LogP contribution is -2.08. The minimum absolute atomic E-state index is 0.216. The first-order valence-electron chi connectivity index (χ1n) is 7.25. The van der Waals surface area contributed by atoms with E-state index in [1.165, 1.54) is 0 Å². The zero-order valence-corrected chi connectivity index (χ0v) is 13.4. The Morgan fingerprint density at radius 2 is 1.07 bits per heavy atom. The van der Waals surface area contributed by atoms with E-state index in [2.05, 4.69) is 0 Å². The van der Waals surface area contributed by atoms with Crippen LogP contribution in [0.25, 0.3) is 21.9 Å². The molecule has 4 N–H and O–H groups in total. The van der Waals surface area contributed by atoms with Gasteiger partial charge in [0.05, 0.1) is 10.9 Å². The van der Waals surface area contributed by atoms with Crippen LogP contribution in [0, 0.1) is 40.7 Å². The van der Waals surface area contributed by atoms with Crippen LogP contribution in [-0.2, 0) is 0 Å². The van der Waals surface area contributed by atoms with E-state index in [4.69, 9.17) is 0 Å². The van der Waals surface area contributed by atoms with Crippen LogP contribution in [0.3, 0.4) is 0 Å². The van der Waals surface area contributed by atoms with Crippen LogP contribution in [0.15, 0.2) is 6.07 Å². The van der Waals surface area contributed by atoms with Crippen molar-refractivity contribution < 1.29 is 56.0 Å². The summed E-state index contributed by atoms with van der Waals surface area (Å²) in [6, 6.07) is 0.216. The molecule has 0 heterocycles. The standard InChI is InChI=1S/C17H5F7O5/c18-8-5(4-2(17(28)29)1-3(25)15(26)16(4)27)6-7(10(20)12(8)22)11(21)14(24)13(23)9(6)19/h1,25-27H,(H,28,29). The number of carbonyl (C=O) groups is 1. The fourth-order valence-corrected chi connectivity index (χ4v) is 2.80. The van der Waals surface area contributed by atoms with E-state index >= 15 is 0 Å². The number of phenols is 3. The minimum Gasteiger partial charge on any atom is -0.504 e. The third-order valence-electron chi connectivity index (χ3n) is 4.08. The number of hydrogen-bond acceptors (Lipinski definition) is 4. The molecule has 29 heavy (non-hydrogen) atoms. The third kappa shape index (κ3) is 2.59. The molecule has 5 nitrogen and oxygen atoms in total. The van der Waals surface area contributed by atoms with Gasteiger partial charge in [-0.05, 0) is 6.07 Å². The molecule has 0 spiro atoms. The van der Waals surface area contributed by atoms with Gasteiger partial charge in [-0.25, -0.2) is 35.5 Å². The molecular formula is C17H5F7O5. The summed E-state index contributed by atoms with van der Waals surface area (Å²) in [6.45, 7) is 0. The quantitative estimate of drug-likeness (QED) is 0.214. The lowest BCUT2D eigenvalue weighted by Gasteiger charge is -2.17. The van der Waals surface area contributed by atoms with Gasteiger partial charge in [0, 0.05) is 16.5 Å². The van der Waals surface area contributed by atoms with Gasteiger partial charge in [0.1, 0.15) is 0 Å². The van der Waals surface area contributed by atoms with Crippen LogP contribution in [-0.4, -0.2) is 26.4 Å². The molecule has 0 aliphatic carbocycles. The van der Waals surface area contributed by atoms with Gasteiger partial charge < -0.3 is 20.4 Å². The molecule has 152 valence electrons. The molecule has 0 aliphatic rings. The minimum atomic E-state index is -2.57. The molecule has 0 aromatic heterocycles. The molecule has 0 saturated heterocycles. The maximum absolute atomic E-state index is 14.5. The summed E-state index contributed by atoms with van der Waals surface area (Å²) in [5.41, 5.74) is -4.49. The topological polar surface area (TPSA) is 98.0 Å². The molecule has 0 unspecified atom stereocenters. The van der Waals surface area contributed by atoms with Gasteiger partial charge in [0.2, 0.25) is 5.75 Å². The van der Waals surface area contributed by atoms with Gasteiger partial charge in [-0.1, -0.05) is 0 Å². The van der Waals surface area contributed by atoms with Gasteiger partial charge in [0.25, 0.3) is 0 Å². The smallest absolute Gasteiger partial charge is 0.336 e. The van der Waals surface area contributed by atoms with Crippen LogP contribution in [0.4, 0.5) is 30.7 Å². The number of benzene rings is 3. The Hall–Kier alpha value is -3.70. The monoisotopic (exact) mass is 422 g/mol. The number of fused-ring (bicyclic) bond motifs is 1. The number of phenolic OH excluding ortho intramolecular Hbond substituents is 3. The second-order valence-corrected chi connectivity index (χ2v) is 5.64. The van der Waals surface area contributed by atoms with Crippen molar-refractivity contribution in [2.75, 3.05) is 0 Å². The lowest BCUT2D eigenvalue weighted by atomic mass is 9.91. The van der Waals surface area contributed by atoms with Crippen LogP contribution in [0.5, 0.6) is 17.2 Å². The maximum atomic E-state index is 14.5. The second kappa shape index (κ2) is 6.43. The Morgan fingerprint density at radius 1 is 0.621 bits per heavy atom. The molecule has 3 aromatic rings. The van der Waals surface area contributed by atoms with Crippen LogP contribution < -0.4 is 0 Å². The third-order valence-corrected chi connectivity index (χ3v) is 4.08. The summed E-state index contributed by atoms with van der Waals surface area (Å²) in [7, 11) is 0. The molecule has 0 atom stereocenters. The van der Waals surface area contributed by atoms with Crippen molar-refractivity contribution in [2.45, 2.75) is 0 Å². The average Bonchev–Trinajstić information content (AvgIpc) is 2.67. The first kappa shape index (κ1) is 20.0. The Morgan fingerprint density at radius 3 is 1.55 bits per heavy atom. The molecule has 3 rings (SSSR count). The Bertz CT molecular complexity index is 1230. The predicted molar refractivity (Wildman–Crippen MR) is 81.0 cm³/mol. The van der Waals surface area contributed by atoms with Gasteiger partial charge in [0.15, 0.2) is 52.2 Å². The lowest BCUT2D eigenvalue weighted by molar-refractivity contribution is 0.0696. The zero-order chi connectivity index (χ0) is 21.9. The predicted octanol–water partition coefficient (Wildman–Crippen LogP) is 4.30. The van der Waals surface area contributed by atoms with Crippen LogP contribution in [0.2, 0.25) is 0 Å². The van der Waals surface area contributed by atoms with E-state index in [1.807, 2.05) is 0 Å². The highest BCUT2D eigenvalue weighted by molar-refractivity contribution is 6.07. The Kier molecular flexibility index (Phi) is 4.44.